The number of halogens is 1. The summed E-state index contributed by atoms with van der Waals surface area (Å²) in [6.07, 6.45) is 6.43. The van der Waals surface area contributed by atoms with Crippen LogP contribution in [0.4, 0.5) is 4.39 Å². The summed E-state index contributed by atoms with van der Waals surface area (Å²) in [5, 5.41) is 8.81. The van der Waals surface area contributed by atoms with Crippen LogP contribution in [-0.4, -0.2) is 6.17 Å². The zero-order chi connectivity index (χ0) is 14.4. The lowest BCUT2D eigenvalue weighted by atomic mass is 9.76. The van der Waals surface area contributed by atoms with Gasteiger partial charge < -0.3 is 0 Å². The summed E-state index contributed by atoms with van der Waals surface area (Å²) in [5.41, 5.74) is 2.03. The molecule has 1 aliphatic carbocycles. The Morgan fingerprint density at radius 1 is 1.20 bits per heavy atom. The van der Waals surface area contributed by atoms with E-state index in [0.29, 0.717) is 11.5 Å². The van der Waals surface area contributed by atoms with Gasteiger partial charge in [-0.15, -0.1) is 0 Å². The fourth-order valence-corrected chi connectivity index (χ4v) is 3.28. The second kappa shape index (κ2) is 7.43. The molecule has 0 aliphatic heterocycles. The van der Waals surface area contributed by atoms with E-state index in [2.05, 4.69) is 25.1 Å². The molecule has 0 radical (unpaired) electrons. The van der Waals surface area contributed by atoms with Crippen LogP contribution in [0.1, 0.15) is 68.9 Å². The van der Waals surface area contributed by atoms with Gasteiger partial charge in [0.25, 0.3) is 0 Å². The van der Waals surface area contributed by atoms with Gasteiger partial charge in [0.1, 0.15) is 6.17 Å². The van der Waals surface area contributed by atoms with Crippen molar-refractivity contribution in [2.75, 3.05) is 0 Å². The molecular formula is C18H24FN. The first-order chi connectivity index (χ1) is 9.74. The highest BCUT2D eigenvalue weighted by Crippen LogP contribution is 2.38. The molecule has 0 heterocycles. The maximum atomic E-state index is 14.1. The number of benzene rings is 1. The van der Waals surface area contributed by atoms with Gasteiger partial charge in [-0.1, -0.05) is 31.9 Å². The number of unbranched alkanes of at least 4 members (excludes halogenated alkanes) is 1. The molecule has 0 bridgehead atoms. The van der Waals surface area contributed by atoms with E-state index < -0.39 is 6.17 Å². The molecule has 1 saturated carbocycles. The summed E-state index contributed by atoms with van der Waals surface area (Å²) in [5.74, 6) is 0.827. The van der Waals surface area contributed by atoms with Crippen LogP contribution in [0.25, 0.3) is 0 Å². The van der Waals surface area contributed by atoms with Crippen LogP contribution in [0.15, 0.2) is 24.3 Å². The van der Waals surface area contributed by atoms with Gasteiger partial charge in [0, 0.05) is 0 Å². The van der Waals surface area contributed by atoms with Gasteiger partial charge >= 0.3 is 0 Å². The van der Waals surface area contributed by atoms with Crippen molar-refractivity contribution in [1.82, 2.24) is 0 Å². The minimum Gasteiger partial charge on any atom is -0.247 e. The Kier molecular flexibility index (Phi) is 5.59. The lowest BCUT2D eigenvalue weighted by Crippen LogP contribution is -2.22. The number of hydrogen-bond acceptors (Lipinski definition) is 1. The number of hydrogen-bond donors (Lipinski definition) is 0. The van der Waals surface area contributed by atoms with Crippen LogP contribution in [0.3, 0.4) is 0 Å². The van der Waals surface area contributed by atoms with Crippen LogP contribution in [0.5, 0.6) is 0 Å². The number of nitrogens with zero attached hydrogens (tertiary/aromatic N) is 1. The fraction of sp³-hybridized carbons (Fsp3) is 0.611. The Morgan fingerprint density at radius 2 is 1.85 bits per heavy atom. The van der Waals surface area contributed by atoms with Crippen molar-refractivity contribution in [1.29, 1.82) is 5.26 Å². The van der Waals surface area contributed by atoms with Crippen molar-refractivity contribution in [3.63, 3.8) is 0 Å². The third kappa shape index (κ3) is 3.82. The number of rotatable bonds is 5. The van der Waals surface area contributed by atoms with Gasteiger partial charge in [-0.05, 0) is 61.6 Å². The van der Waals surface area contributed by atoms with Crippen LogP contribution in [0.2, 0.25) is 0 Å². The van der Waals surface area contributed by atoms with Gasteiger partial charge in [-0.3, -0.25) is 0 Å². The van der Waals surface area contributed by atoms with Gasteiger partial charge in [0.05, 0.1) is 11.6 Å². The topological polar surface area (TPSA) is 23.8 Å². The third-order valence-electron chi connectivity index (χ3n) is 4.63. The van der Waals surface area contributed by atoms with E-state index in [1.54, 1.807) is 0 Å². The Morgan fingerprint density at radius 3 is 2.40 bits per heavy atom. The molecule has 1 aromatic carbocycles. The highest BCUT2D eigenvalue weighted by atomic mass is 19.1. The average Bonchev–Trinajstić information content (AvgIpc) is 2.53. The highest BCUT2D eigenvalue weighted by Gasteiger charge is 2.27. The van der Waals surface area contributed by atoms with E-state index in [9.17, 15) is 4.39 Å². The summed E-state index contributed by atoms with van der Waals surface area (Å²) < 4.78 is 14.1. The smallest absolute Gasteiger partial charge is 0.103 e. The van der Waals surface area contributed by atoms with Crippen molar-refractivity contribution in [3.05, 3.63) is 35.4 Å². The number of alkyl halides is 1. The van der Waals surface area contributed by atoms with Crippen LogP contribution < -0.4 is 0 Å². The largest absolute Gasteiger partial charge is 0.247 e. The van der Waals surface area contributed by atoms with E-state index in [4.69, 9.17) is 5.26 Å². The summed E-state index contributed by atoms with van der Waals surface area (Å²) in [7, 11) is 0. The Bertz CT molecular complexity index is 437. The molecule has 20 heavy (non-hydrogen) atoms. The van der Waals surface area contributed by atoms with E-state index in [-0.39, 0.29) is 5.92 Å². The molecule has 0 amide bonds. The lowest BCUT2D eigenvalue weighted by molar-refractivity contribution is 0.160. The predicted molar refractivity (Wildman–Crippen MR) is 80.3 cm³/mol. The molecule has 1 fully saturated rings. The summed E-state index contributed by atoms with van der Waals surface area (Å²) in [6.45, 7) is 2.12. The first kappa shape index (κ1) is 15.0. The molecule has 0 saturated heterocycles. The van der Waals surface area contributed by atoms with E-state index in [1.807, 2.05) is 12.1 Å². The van der Waals surface area contributed by atoms with Crippen molar-refractivity contribution in [2.45, 2.75) is 64.0 Å². The minimum atomic E-state index is -0.600. The Balaban J connectivity index is 1.85. The van der Waals surface area contributed by atoms with Crippen molar-refractivity contribution in [3.8, 4) is 6.07 Å². The molecule has 1 atom stereocenters. The molecule has 108 valence electrons. The van der Waals surface area contributed by atoms with Crippen LogP contribution >= 0.6 is 0 Å². The van der Waals surface area contributed by atoms with Gasteiger partial charge in [-0.2, -0.15) is 5.26 Å². The molecule has 0 N–H and O–H groups in total. The normalized spacial score (nSPS) is 24.1. The molecule has 1 aromatic rings. The average molecular weight is 273 g/mol. The van der Waals surface area contributed by atoms with Gasteiger partial charge in [0.2, 0.25) is 0 Å². The van der Waals surface area contributed by atoms with E-state index >= 15 is 0 Å². The fourth-order valence-electron chi connectivity index (χ4n) is 3.28. The summed E-state index contributed by atoms with van der Waals surface area (Å²) in [6, 6.07) is 10.1. The number of nitriles is 1. The first-order valence-corrected chi connectivity index (χ1v) is 7.88. The maximum Gasteiger partial charge on any atom is 0.103 e. The summed E-state index contributed by atoms with van der Waals surface area (Å²) in [4.78, 5) is 0. The zero-order valence-corrected chi connectivity index (χ0v) is 12.3. The Labute approximate surface area is 121 Å². The minimum absolute atomic E-state index is 0.274. The SMILES string of the molecule is CCCCC(F)[C@H]1CC[C@H](c2ccc(C#N)cc2)CC1. The monoisotopic (exact) mass is 273 g/mol. The second-order valence-corrected chi connectivity index (χ2v) is 6.00. The molecule has 2 rings (SSSR count). The van der Waals surface area contributed by atoms with Crippen molar-refractivity contribution in [2.24, 2.45) is 5.92 Å². The molecule has 1 aliphatic rings. The quantitative estimate of drug-likeness (QED) is 0.708. The molecule has 0 spiro atoms. The third-order valence-corrected chi connectivity index (χ3v) is 4.63. The molecular weight excluding hydrogens is 249 g/mol. The van der Waals surface area contributed by atoms with Crippen molar-refractivity contribution < 1.29 is 4.39 Å². The second-order valence-electron chi connectivity index (χ2n) is 6.00. The molecule has 0 aromatic heterocycles. The van der Waals surface area contributed by atoms with Crippen LogP contribution in [0, 0.1) is 17.2 Å². The highest BCUT2D eigenvalue weighted by molar-refractivity contribution is 5.33. The van der Waals surface area contributed by atoms with Gasteiger partial charge in [-0.25, -0.2) is 4.39 Å². The van der Waals surface area contributed by atoms with Gasteiger partial charge in [0.15, 0.2) is 0 Å². The standard InChI is InChI=1S/C18H24FN/c1-2-3-4-18(19)17-11-9-16(10-12-17)15-7-5-14(13-20)6-8-15/h5-8,16-18H,2-4,9-12H2,1H3/t16-,17-,18?. The molecule has 2 heteroatoms. The summed E-state index contributed by atoms with van der Waals surface area (Å²) >= 11 is 0. The lowest BCUT2D eigenvalue weighted by Gasteiger charge is -2.30. The van der Waals surface area contributed by atoms with E-state index in [1.165, 1.54) is 5.56 Å². The first-order valence-electron chi connectivity index (χ1n) is 7.88. The predicted octanol–water partition coefficient (Wildman–Crippen LogP) is 5.36. The molecule has 1 unspecified atom stereocenters. The zero-order valence-electron chi connectivity index (χ0n) is 12.3. The van der Waals surface area contributed by atoms with Crippen LogP contribution in [-0.2, 0) is 0 Å². The maximum absolute atomic E-state index is 14.1. The molecule has 1 nitrogen and oxygen atoms in total. The van der Waals surface area contributed by atoms with E-state index in [0.717, 1.165) is 44.9 Å². The van der Waals surface area contributed by atoms with Crippen molar-refractivity contribution >= 4 is 0 Å². The Hall–Kier alpha value is -1.36.